The topological polar surface area (TPSA) is 38.9 Å². The van der Waals surface area contributed by atoms with E-state index < -0.39 is 0 Å². The summed E-state index contributed by atoms with van der Waals surface area (Å²) in [7, 11) is 0. The van der Waals surface area contributed by atoms with E-state index in [2.05, 4.69) is 33.9 Å². The number of benzene rings is 2. The first kappa shape index (κ1) is 14.6. The van der Waals surface area contributed by atoms with Gasteiger partial charge in [-0.25, -0.2) is 9.97 Å². The lowest BCUT2D eigenvalue weighted by Gasteiger charge is -1.94. The zero-order valence-electron chi connectivity index (χ0n) is 13.3. The van der Waals surface area contributed by atoms with Crippen molar-refractivity contribution in [2.24, 2.45) is 0 Å². The van der Waals surface area contributed by atoms with E-state index in [1.807, 2.05) is 30.3 Å². The summed E-state index contributed by atoms with van der Waals surface area (Å²) in [6.45, 7) is 0. The summed E-state index contributed by atoms with van der Waals surface area (Å²) in [5.41, 5.74) is 4.93. The lowest BCUT2D eigenvalue weighted by Crippen LogP contribution is -1.77. The number of aromatic nitrogens is 2. The number of nitrogens with zero attached hydrogens (tertiary/aromatic N) is 2. The van der Waals surface area contributed by atoms with E-state index in [-0.39, 0.29) is 0 Å². The molecule has 6 heteroatoms. The fourth-order valence-electron chi connectivity index (χ4n) is 3.08. The molecular weight excluding hydrogens is 380 g/mol. The van der Waals surface area contributed by atoms with Gasteiger partial charge >= 0.3 is 0 Å². The minimum Gasteiger partial charge on any atom is -0.436 e. The summed E-state index contributed by atoms with van der Waals surface area (Å²) in [6.07, 6.45) is 0. The molecule has 0 aliphatic rings. The van der Waals surface area contributed by atoms with Crippen LogP contribution in [0.3, 0.4) is 0 Å². The maximum Gasteiger partial charge on any atom is 0.227 e. The van der Waals surface area contributed by atoms with E-state index in [1.165, 1.54) is 15.0 Å². The predicted molar refractivity (Wildman–Crippen MR) is 111 cm³/mol. The van der Waals surface area contributed by atoms with Gasteiger partial charge in [-0.15, -0.1) is 34.0 Å². The first-order chi connectivity index (χ1) is 12.8. The predicted octanol–water partition coefficient (Wildman–Crippen LogP) is 7.05. The number of hydrogen-bond acceptors (Lipinski definition) is 6. The second kappa shape index (κ2) is 5.48. The Bertz CT molecular complexity index is 1370. The van der Waals surface area contributed by atoms with Crippen molar-refractivity contribution in [1.29, 1.82) is 0 Å². The van der Waals surface area contributed by atoms with Crippen molar-refractivity contribution in [2.75, 3.05) is 0 Å². The molecule has 0 N–H and O–H groups in total. The van der Waals surface area contributed by atoms with Crippen molar-refractivity contribution in [2.45, 2.75) is 0 Å². The van der Waals surface area contributed by atoms with Gasteiger partial charge in [0, 0.05) is 21.2 Å². The molecule has 4 heterocycles. The van der Waals surface area contributed by atoms with Gasteiger partial charge in [-0.05, 0) is 41.8 Å². The van der Waals surface area contributed by atoms with Crippen LogP contribution in [0.2, 0.25) is 0 Å². The van der Waals surface area contributed by atoms with Gasteiger partial charge in [0.15, 0.2) is 5.58 Å². The van der Waals surface area contributed by atoms with Crippen LogP contribution in [0, 0.1) is 0 Å². The molecule has 124 valence electrons. The van der Waals surface area contributed by atoms with Gasteiger partial charge in [0.1, 0.15) is 10.5 Å². The van der Waals surface area contributed by atoms with Crippen LogP contribution in [-0.4, -0.2) is 9.97 Å². The van der Waals surface area contributed by atoms with Gasteiger partial charge < -0.3 is 4.42 Å². The van der Waals surface area contributed by atoms with E-state index in [0.717, 1.165) is 31.9 Å². The van der Waals surface area contributed by atoms with Gasteiger partial charge in [0.25, 0.3) is 0 Å². The third kappa shape index (κ3) is 2.16. The second-order valence-corrected chi connectivity index (χ2v) is 8.81. The maximum absolute atomic E-state index is 5.91. The average Bonchev–Trinajstić information content (AvgIpc) is 3.41. The van der Waals surface area contributed by atoms with Crippen molar-refractivity contribution in [3.63, 3.8) is 0 Å². The summed E-state index contributed by atoms with van der Waals surface area (Å²) in [6, 6.07) is 16.2. The van der Waals surface area contributed by atoms with Crippen LogP contribution in [0.25, 0.3) is 52.7 Å². The van der Waals surface area contributed by atoms with Crippen molar-refractivity contribution in [3.8, 4) is 22.0 Å². The Morgan fingerprint density at radius 2 is 1.81 bits per heavy atom. The Morgan fingerprint density at radius 1 is 0.846 bits per heavy atom. The fraction of sp³-hybridized carbons (Fsp3) is 0. The number of para-hydroxylation sites is 2. The standard InChI is InChI=1S/C20H10N2OS3/c1-2-4-15-13(3-1)21-19(23-15)11-5-6-14-17(9-11)26-20(22-14)12-10-25-16-7-8-24-18(12)16/h1-10H. The molecule has 0 aliphatic heterocycles. The Labute approximate surface area is 160 Å². The van der Waals surface area contributed by atoms with Crippen LogP contribution < -0.4 is 0 Å². The number of rotatable bonds is 2. The Morgan fingerprint density at radius 3 is 2.77 bits per heavy atom. The summed E-state index contributed by atoms with van der Waals surface area (Å²) < 4.78 is 9.71. The first-order valence-corrected chi connectivity index (χ1v) is 10.6. The number of thiophene rings is 2. The van der Waals surface area contributed by atoms with Gasteiger partial charge in [0.05, 0.1) is 14.9 Å². The molecule has 0 radical (unpaired) electrons. The SMILES string of the molecule is c1ccc2oc(-c3ccc4nc(-c5csc6ccsc56)sc4c3)nc2c1. The Balaban J connectivity index is 1.49. The molecule has 4 aromatic heterocycles. The molecule has 6 aromatic rings. The van der Waals surface area contributed by atoms with Crippen molar-refractivity contribution < 1.29 is 4.42 Å². The Kier molecular flexibility index (Phi) is 3.08. The molecule has 0 atom stereocenters. The molecular formula is C20H10N2OS3. The summed E-state index contributed by atoms with van der Waals surface area (Å²) in [4.78, 5) is 9.44. The molecule has 26 heavy (non-hydrogen) atoms. The van der Waals surface area contributed by atoms with E-state index >= 15 is 0 Å². The molecule has 2 aromatic carbocycles. The van der Waals surface area contributed by atoms with Gasteiger partial charge in [-0.2, -0.15) is 0 Å². The van der Waals surface area contributed by atoms with E-state index in [1.54, 1.807) is 34.0 Å². The highest BCUT2D eigenvalue weighted by Gasteiger charge is 2.14. The van der Waals surface area contributed by atoms with Crippen LogP contribution in [0.5, 0.6) is 0 Å². The third-order valence-corrected chi connectivity index (χ3v) is 7.41. The molecule has 6 rings (SSSR count). The zero-order chi connectivity index (χ0) is 17.1. The quantitative estimate of drug-likeness (QED) is 0.318. The smallest absolute Gasteiger partial charge is 0.227 e. The highest BCUT2D eigenvalue weighted by molar-refractivity contribution is 7.28. The van der Waals surface area contributed by atoms with Gasteiger partial charge in [-0.3, -0.25) is 0 Å². The molecule has 0 saturated carbocycles. The minimum atomic E-state index is 0.652. The van der Waals surface area contributed by atoms with Gasteiger partial charge in [-0.1, -0.05) is 12.1 Å². The van der Waals surface area contributed by atoms with Crippen LogP contribution in [-0.2, 0) is 0 Å². The minimum absolute atomic E-state index is 0.652. The largest absolute Gasteiger partial charge is 0.436 e. The maximum atomic E-state index is 5.91. The molecule has 0 spiro atoms. The van der Waals surface area contributed by atoms with Crippen LogP contribution >= 0.6 is 34.0 Å². The summed E-state index contributed by atoms with van der Waals surface area (Å²) >= 11 is 5.28. The molecule has 3 nitrogen and oxygen atoms in total. The molecule has 0 fully saturated rings. The van der Waals surface area contributed by atoms with E-state index in [0.29, 0.717) is 5.89 Å². The lowest BCUT2D eigenvalue weighted by molar-refractivity contribution is 0.620. The first-order valence-electron chi connectivity index (χ1n) is 8.07. The monoisotopic (exact) mass is 390 g/mol. The second-order valence-electron chi connectivity index (χ2n) is 5.95. The molecule has 0 unspecified atom stereocenters. The highest BCUT2D eigenvalue weighted by Crippen LogP contribution is 2.41. The average molecular weight is 391 g/mol. The Hall–Kier alpha value is -2.54. The lowest BCUT2D eigenvalue weighted by atomic mass is 10.2. The number of thiazole rings is 1. The molecule has 0 amide bonds. The van der Waals surface area contributed by atoms with Crippen molar-refractivity contribution in [3.05, 3.63) is 59.3 Å². The van der Waals surface area contributed by atoms with Crippen molar-refractivity contribution >= 4 is 64.7 Å². The summed E-state index contributed by atoms with van der Waals surface area (Å²) in [5.74, 6) is 0.652. The summed E-state index contributed by atoms with van der Waals surface area (Å²) in [5, 5.41) is 5.42. The van der Waals surface area contributed by atoms with E-state index in [9.17, 15) is 0 Å². The molecule has 0 bridgehead atoms. The highest BCUT2D eigenvalue weighted by atomic mass is 32.1. The number of oxazole rings is 1. The molecule has 0 saturated heterocycles. The van der Waals surface area contributed by atoms with E-state index in [4.69, 9.17) is 9.40 Å². The van der Waals surface area contributed by atoms with Crippen LogP contribution in [0.1, 0.15) is 0 Å². The third-order valence-electron chi connectivity index (χ3n) is 4.34. The number of hydrogen-bond donors (Lipinski definition) is 0. The fourth-order valence-corrected chi connectivity index (χ4v) is 6.34. The van der Waals surface area contributed by atoms with Crippen LogP contribution in [0.4, 0.5) is 0 Å². The van der Waals surface area contributed by atoms with Gasteiger partial charge in [0.2, 0.25) is 5.89 Å². The van der Waals surface area contributed by atoms with Crippen molar-refractivity contribution in [1.82, 2.24) is 9.97 Å². The normalized spacial score (nSPS) is 11.8. The van der Waals surface area contributed by atoms with Crippen LogP contribution in [0.15, 0.2) is 63.7 Å². The zero-order valence-corrected chi connectivity index (χ0v) is 15.8. The molecule has 0 aliphatic carbocycles. The number of fused-ring (bicyclic) bond motifs is 3.